The van der Waals surface area contributed by atoms with E-state index in [0.29, 0.717) is 22.5 Å². The Balaban J connectivity index is 2.00. The third kappa shape index (κ3) is 3.55. The van der Waals surface area contributed by atoms with Crippen LogP contribution in [0.5, 0.6) is 0 Å². The average molecular weight is 408 g/mol. The summed E-state index contributed by atoms with van der Waals surface area (Å²) in [5, 5.41) is 0. The number of hydrogen-bond acceptors (Lipinski definition) is 8. The molecule has 0 radical (unpaired) electrons. The van der Waals surface area contributed by atoms with Crippen LogP contribution in [0.15, 0.2) is 58.1 Å². The van der Waals surface area contributed by atoms with E-state index in [9.17, 15) is 19.2 Å². The normalized spacial score (nSPS) is 10.5. The predicted molar refractivity (Wildman–Crippen MR) is 113 cm³/mol. The van der Waals surface area contributed by atoms with Crippen LogP contribution in [-0.4, -0.2) is 40.3 Å². The fourth-order valence-corrected chi connectivity index (χ4v) is 3.17. The minimum absolute atomic E-state index is 0.188. The molecule has 30 heavy (non-hydrogen) atoms. The fraction of sp³-hybridized carbons (Fsp3) is 0.182. The second-order valence-electron chi connectivity index (χ2n) is 6.56. The number of anilines is 4. The molecule has 8 heteroatoms. The zero-order valence-electron chi connectivity index (χ0n) is 17.0. The first-order valence-corrected chi connectivity index (χ1v) is 8.97. The summed E-state index contributed by atoms with van der Waals surface area (Å²) >= 11 is 0. The third-order valence-corrected chi connectivity index (χ3v) is 4.84. The largest absolute Gasteiger partial charge is 0.465 e. The van der Waals surface area contributed by atoms with Crippen LogP contribution in [0.25, 0.3) is 0 Å². The molecule has 154 valence electrons. The topological polar surface area (TPSA) is 93.2 Å². The molecule has 0 aliphatic carbocycles. The maximum Gasteiger partial charge on any atom is 0.337 e. The molecule has 8 nitrogen and oxygen atoms in total. The minimum Gasteiger partial charge on any atom is -0.465 e. The maximum atomic E-state index is 12.4. The quantitative estimate of drug-likeness (QED) is 0.453. The Morgan fingerprint density at radius 2 is 1.07 bits per heavy atom. The summed E-state index contributed by atoms with van der Waals surface area (Å²) < 4.78 is 9.46. The molecule has 0 aliphatic rings. The van der Waals surface area contributed by atoms with Crippen molar-refractivity contribution in [2.75, 3.05) is 38.1 Å². The van der Waals surface area contributed by atoms with E-state index in [1.165, 1.54) is 14.2 Å². The minimum atomic E-state index is -0.632. The molecular formula is C22H20N2O6. The highest BCUT2D eigenvalue weighted by Crippen LogP contribution is 2.33. The van der Waals surface area contributed by atoms with Crippen LogP contribution in [0.1, 0.15) is 20.7 Å². The average Bonchev–Trinajstić information content (AvgIpc) is 2.79. The van der Waals surface area contributed by atoms with Gasteiger partial charge in [-0.15, -0.1) is 0 Å². The lowest BCUT2D eigenvalue weighted by Gasteiger charge is -2.29. The Kier molecular flexibility index (Phi) is 5.68. The van der Waals surface area contributed by atoms with Crippen LogP contribution in [0.4, 0.5) is 22.7 Å². The van der Waals surface area contributed by atoms with Crippen LogP contribution < -0.4 is 20.7 Å². The van der Waals surface area contributed by atoms with Gasteiger partial charge < -0.3 is 19.3 Å². The van der Waals surface area contributed by atoms with Gasteiger partial charge in [0.1, 0.15) is 11.4 Å². The Morgan fingerprint density at radius 1 is 0.700 bits per heavy atom. The van der Waals surface area contributed by atoms with Gasteiger partial charge in [-0.1, -0.05) is 12.1 Å². The molecule has 3 aromatic rings. The number of methoxy groups -OCH3 is 2. The summed E-state index contributed by atoms with van der Waals surface area (Å²) in [6.07, 6.45) is 0. The molecule has 0 aromatic heterocycles. The second kappa shape index (κ2) is 8.20. The first-order chi connectivity index (χ1) is 14.3. The highest BCUT2D eigenvalue weighted by Gasteiger charge is 2.29. The van der Waals surface area contributed by atoms with E-state index in [1.807, 2.05) is 0 Å². The summed E-state index contributed by atoms with van der Waals surface area (Å²) in [5.74, 6) is -1.01. The van der Waals surface area contributed by atoms with Gasteiger partial charge in [0, 0.05) is 25.5 Å². The van der Waals surface area contributed by atoms with E-state index in [2.05, 4.69) is 0 Å². The third-order valence-electron chi connectivity index (χ3n) is 4.84. The Hall–Kier alpha value is -3.94. The van der Waals surface area contributed by atoms with Gasteiger partial charge in [0.25, 0.3) is 10.9 Å². The number of rotatable bonds is 6. The van der Waals surface area contributed by atoms with Crippen molar-refractivity contribution < 1.29 is 19.1 Å². The molecule has 3 rings (SSSR count). The van der Waals surface area contributed by atoms with E-state index < -0.39 is 22.8 Å². The second-order valence-corrected chi connectivity index (χ2v) is 6.56. The molecule has 0 N–H and O–H groups in total. The zero-order chi connectivity index (χ0) is 22.0. The Bertz CT molecular complexity index is 1100. The van der Waals surface area contributed by atoms with Gasteiger partial charge >= 0.3 is 11.9 Å². The van der Waals surface area contributed by atoms with E-state index >= 15 is 0 Å². The smallest absolute Gasteiger partial charge is 0.337 e. The molecule has 0 amide bonds. The highest BCUT2D eigenvalue weighted by atomic mass is 16.5. The molecule has 0 bridgehead atoms. The van der Waals surface area contributed by atoms with Crippen molar-refractivity contribution in [1.82, 2.24) is 0 Å². The summed E-state index contributed by atoms with van der Waals surface area (Å²) in [5.41, 5.74) is 0.841. The van der Waals surface area contributed by atoms with E-state index in [-0.39, 0.29) is 11.4 Å². The zero-order valence-corrected chi connectivity index (χ0v) is 17.0. The van der Waals surface area contributed by atoms with Gasteiger partial charge in [-0.05, 0) is 36.4 Å². The number of benzene rings is 2. The van der Waals surface area contributed by atoms with Gasteiger partial charge in [-0.2, -0.15) is 0 Å². The van der Waals surface area contributed by atoms with Crippen molar-refractivity contribution in [3.8, 4) is 0 Å². The molecular weight excluding hydrogens is 388 g/mol. The number of carbonyl (C=O) groups excluding carboxylic acids is 2. The SMILES string of the molecule is COC(=O)c1cccc(N(C)c2c(N(C)c3cccc(C(=O)OC)c3)c(=O)c2=O)c1. The molecule has 0 heterocycles. The summed E-state index contributed by atoms with van der Waals surface area (Å²) in [7, 11) is 5.83. The van der Waals surface area contributed by atoms with Gasteiger partial charge in [-0.25, -0.2) is 9.59 Å². The number of esters is 2. The molecule has 0 atom stereocenters. The first-order valence-electron chi connectivity index (χ1n) is 8.97. The Labute approximate surface area is 172 Å². The van der Waals surface area contributed by atoms with Gasteiger partial charge in [-0.3, -0.25) is 9.59 Å². The highest BCUT2D eigenvalue weighted by molar-refractivity contribution is 5.93. The molecule has 0 unspecified atom stereocenters. The fourth-order valence-electron chi connectivity index (χ4n) is 3.17. The van der Waals surface area contributed by atoms with Crippen molar-refractivity contribution in [2.45, 2.75) is 0 Å². The van der Waals surface area contributed by atoms with Crippen molar-refractivity contribution in [3.63, 3.8) is 0 Å². The van der Waals surface area contributed by atoms with Crippen LogP contribution in [0, 0.1) is 0 Å². The predicted octanol–water partition coefficient (Wildman–Crippen LogP) is 2.39. The number of nitrogens with zero attached hydrogens (tertiary/aromatic N) is 2. The monoisotopic (exact) mass is 408 g/mol. The molecule has 3 aromatic carbocycles. The lowest BCUT2D eigenvalue weighted by atomic mass is 10.1. The molecule has 0 fully saturated rings. The molecule has 0 saturated carbocycles. The van der Waals surface area contributed by atoms with Crippen molar-refractivity contribution >= 4 is 34.7 Å². The lowest BCUT2D eigenvalue weighted by Crippen LogP contribution is -2.41. The molecule has 0 spiro atoms. The van der Waals surface area contributed by atoms with Crippen molar-refractivity contribution in [3.05, 3.63) is 80.1 Å². The summed E-state index contributed by atoms with van der Waals surface area (Å²) in [4.78, 5) is 51.5. The first kappa shape index (κ1) is 20.8. The van der Waals surface area contributed by atoms with Gasteiger partial charge in [0.15, 0.2) is 0 Å². The van der Waals surface area contributed by atoms with Crippen LogP contribution in [-0.2, 0) is 9.47 Å². The Morgan fingerprint density at radius 3 is 1.40 bits per heavy atom. The van der Waals surface area contributed by atoms with E-state index in [0.717, 1.165) is 0 Å². The van der Waals surface area contributed by atoms with Crippen molar-refractivity contribution in [2.24, 2.45) is 0 Å². The maximum absolute atomic E-state index is 12.4. The van der Waals surface area contributed by atoms with Crippen LogP contribution >= 0.6 is 0 Å². The van der Waals surface area contributed by atoms with Crippen molar-refractivity contribution in [1.29, 1.82) is 0 Å². The number of carbonyl (C=O) groups is 2. The van der Waals surface area contributed by atoms with Gasteiger partial charge in [0.05, 0.1) is 25.3 Å². The number of ether oxygens (including phenoxy) is 2. The standard InChI is InChI=1S/C22H20N2O6/c1-23(15-9-5-7-13(11-15)21(27)29-3)17-18(20(26)19(17)25)24(2)16-10-6-8-14(12-16)22(28)30-4/h5-12H,1-4H3. The molecule has 0 aliphatic heterocycles. The summed E-state index contributed by atoms with van der Waals surface area (Å²) in [6, 6.07) is 13.1. The van der Waals surface area contributed by atoms with Crippen LogP contribution in [0.2, 0.25) is 0 Å². The molecule has 0 saturated heterocycles. The number of hydrogen-bond donors (Lipinski definition) is 0. The summed E-state index contributed by atoms with van der Waals surface area (Å²) in [6.45, 7) is 0. The lowest BCUT2D eigenvalue weighted by molar-refractivity contribution is 0.0592. The van der Waals surface area contributed by atoms with Crippen LogP contribution in [0.3, 0.4) is 0 Å². The van der Waals surface area contributed by atoms with Gasteiger partial charge in [0.2, 0.25) is 0 Å². The van der Waals surface area contributed by atoms with E-state index in [4.69, 9.17) is 9.47 Å². The van der Waals surface area contributed by atoms with E-state index in [1.54, 1.807) is 72.4 Å².